The molecule has 4 bridgehead atoms. The number of carboxylic acids is 2. The first kappa shape index (κ1) is 71.0. The monoisotopic (exact) mass is 1380 g/mol. The molecule has 7 amide bonds. The zero-order valence-electron chi connectivity index (χ0n) is 57.3. The van der Waals surface area contributed by atoms with Gasteiger partial charge in [-0.3, -0.25) is 38.3 Å². The minimum absolute atomic E-state index is 0.00578. The number of imide groups is 1. The van der Waals surface area contributed by atoms with Gasteiger partial charge in [0, 0.05) is 77.4 Å². The number of rotatable bonds is 32. The molecule has 4 fully saturated rings. The predicted molar refractivity (Wildman–Crippen MR) is 371 cm³/mol. The Morgan fingerprint density at radius 2 is 1.56 bits per heavy atom. The van der Waals surface area contributed by atoms with Crippen molar-refractivity contribution in [3.63, 3.8) is 0 Å². The number of ether oxygens (including phenoxy) is 2. The Kier molecular flexibility index (Phi) is 21.0. The van der Waals surface area contributed by atoms with Gasteiger partial charge in [0.1, 0.15) is 31.0 Å². The minimum Gasteiger partial charge on any atom is -0.481 e. The lowest BCUT2D eigenvalue weighted by Gasteiger charge is -2.69. The van der Waals surface area contributed by atoms with Gasteiger partial charge >= 0.3 is 18.0 Å². The van der Waals surface area contributed by atoms with Crippen molar-refractivity contribution in [3.05, 3.63) is 107 Å². The van der Waals surface area contributed by atoms with E-state index in [0.29, 0.717) is 78.1 Å². The molecule has 4 aromatic heterocycles. The van der Waals surface area contributed by atoms with Crippen LogP contribution >= 0.6 is 11.3 Å². The number of carbonyl (C=O) groups is 8. The van der Waals surface area contributed by atoms with Crippen LogP contribution < -0.4 is 37.2 Å². The highest BCUT2D eigenvalue weighted by atomic mass is 32.1. The molecule has 7 atom stereocenters. The molecule has 2 aromatic carbocycles. The SMILES string of the molecule is Cc1c(Nc2nc3ccccc3s2)nnc2c1CCCN2c1ccc(-c2cnn(CC34CC5(OCC[N+](C)(CCC(=O)O)Cc6ccc(NC(=O)[C@H](CCCNC(N)=O)NC(=O)[C@@H](NC(=O)CCOCCN7C(=O)C=CC7=O)C(C)C)cc6)C[C@](C)(C3)C[C@](C)(C4)C5)c2C)c(C(=O)O)n1. The highest BCUT2D eigenvalue weighted by Gasteiger charge is 2.66. The second-order valence-corrected chi connectivity index (χ2v) is 30.1. The van der Waals surface area contributed by atoms with Crippen LogP contribution in [0.2, 0.25) is 0 Å². The summed E-state index contributed by atoms with van der Waals surface area (Å²) in [6.07, 6.45) is 11.6. The van der Waals surface area contributed by atoms with E-state index >= 15 is 0 Å². The number of nitrogens with zero attached hydrogens (tertiary/aromatic N) is 9. The van der Waals surface area contributed by atoms with Gasteiger partial charge in [-0.25, -0.2) is 19.6 Å². The summed E-state index contributed by atoms with van der Waals surface area (Å²) in [6.45, 7) is 15.4. The maximum Gasteiger partial charge on any atom is 0.355 e. The number of quaternary nitrogens is 1. The molecule has 4 saturated carbocycles. The van der Waals surface area contributed by atoms with Crippen molar-refractivity contribution in [2.24, 2.45) is 27.9 Å². The van der Waals surface area contributed by atoms with Crippen molar-refractivity contribution >= 4 is 97.3 Å². The smallest absolute Gasteiger partial charge is 0.355 e. The van der Waals surface area contributed by atoms with E-state index in [4.69, 9.17) is 30.3 Å². The molecule has 27 nitrogen and oxygen atoms in total. The lowest BCUT2D eigenvalue weighted by Crippen LogP contribution is -2.64. The molecule has 28 heteroatoms. The van der Waals surface area contributed by atoms with E-state index in [2.05, 4.69) is 50.6 Å². The Morgan fingerprint density at radius 3 is 2.25 bits per heavy atom. The fraction of sp³-hybridized carbons (Fsp3) is 0.507. The van der Waals surface area contributed by atoms with Crippen molar-refractivity contribution in [3.8, 4) is 11.1 Å². The number of urea groups is 1. The van der Waals surface area contributed by atoms with Gasteiger partial charge in [-0.1, -0.05) is 63.3 Å². The van der Waals surface area contributed by atoms with Crippen LogP contribution in [0.5, 0.6) is 0 Å². The second kappa shape index (κ2) is 29.3. The van der Waals surface area contributed by atoms with Crippen LogP contribution in [0, 0.1) is 36.0 Å². The number of hydrogen-bond acceptors (Lipinski definition) is 18. The van der Waals surface area contributed by atoms with E-state index in [9.17, 15) is 48.6 Å². The second-order valence-electron chi connectivity index (χ2n) is 29.1. The Hall–Kier alpha value is -9.25. The standard InChI is InChI=1S/C71H89N15O12S/c1-43(2)59(79-55(87)25-31-97-32-28-84-56(88)22-23-57(84)89)64(93)76-52(14-10-26-73-66(72)96)63(92)75-47-18-16-46(17-19-47)35-86(7,29-24-58(90)91)30-33-98-71-39-68(5)36-69(6,40-71)38-70(37-68,41-71)42-85-45(4)50(34-74-85)49-20-21-54(78-60(49)65(94)95)83-27-11-12-48-44(3)61(81-82-62(48)83)80-67-77-51-13-8-9-15-53(51)99-67/h8-9,13,15-23,34,43,52,59H,10-12,14,24-33,35-42H2,1-7H3,(H8-,72,73,75,76,77,79,80,81,87,90,91,92,93,94,95,96)/p+1/t52-,59-,68-,69+,70?,71?,86?/m0/s1. The van der Waals surface area contributed by atoms with Crippen LogP contribution in [0.15, 0.2) is 79.0 Å². The third-order valence-electron chi connectivity index (χ3n) is 20.2. The number of aromatic nitrogens is 6. The number of carboxylic acid groups (broad SMARTS) is 2. The van der Waals surface area contributed by atoms with E-state index in [1.54, 1.807) is 43.5 Å². The number of pyridine rings is 1. The summed E-state index contributed by atoms with van der Waals surface area (Å²) < 4.78 is 16.2. The number of amides is 7. The Labute approximate surface area is 578 Å². The van der Waals surface area contributed by atoms with E-state index in [0.717, 1.165) is 94.0 Å². The van der Waals surface area contributed by atoms with Crippen molar-refractivity contribution in [1.82, 2.24) is 50.8 Å². The summed E-state index contributed by atoms with van der Waals surface area (Å²) in [7, 11) is 2.04. The number of aliphatic carboxylic acids is 1. The van der Waals surface area contributed by atoms with Gasteiger partial charge in [0.15, 0.2) is 22.5 Å². The number of nitrogens with two attached hydrogens (primary N) is 1. The maximum atomic E-state index is 14.0. The fourth-order valence-electron chi connectivity index (χ4n) is 16.7. The molecule has 6 aromatic rings. The van der Waals surface area contributed by atoms with Crippen molar-refractivity contribution < 1.29 is 62.5 Å². The maximum absolute atomic E-state index is 14.0. The predicted octanol–water partition coefficient (Wildman–Crippen LogP) is 8.09. The molecular formula is C71H90N15O12S+. The summed E-state index contributed by atoms with van der Waals surface area (Å²) in [4.78, 5) is 114. The highest BCUT2D eigenvalue weighted by Crippen LogP contribution is 2.72. The molecule has 2 aliphatic heterocycles. The van der Waals surface area contributed by atoms with Crippen LogP contribution in [0.1, 0.15) is 131 Å². The van der Waals surface area contributed by atoms with Gasteiger partial charge in [-0.05, 0) is 137 Å². The number of carbonyl (C=O) groups excluding carboxylic acids is 6. The van der Waals surface area contributed by atoms with E-state index in [-0.39, 0.29) is 79.8 Å². The van der Waals surface area contributed by atoms with E-state index < -0.39 is 65.2 Å². The molecule has 0 radical (unpaired) electrons. The summed E-state index contributed by atoms with van der Waals surface area (Å²) >= 11 is 1.55. The fourth-order valence-corrected chi connectivity index (χ4v) is 17.5. The molecule has 4 aliphatic carbocycles. The first-order valence-corrected chi connectivity index (χ1v) is 34.8. The lowest BCUT2D eigenvalue weighted by molar-refractivity contribution is -0.922. The van der Waals surface area contributed by atoms with Crippen LogP contribution in [-0.2, 0) is 57.8 Å². The lowest BCUT2D eigenvalue weighted by atomic mass is 9.39. The normalized spacial score (nSPS) is 21.9. The number of anilines is 5. The Bertz CT molecular complexity index is 4050. The summed E-state index contributed by atoms with van der Waals surface area (Å²) in [6, 6.07) is 16.0. The quantitative estimate of drug-likeness (QED) is 0.0112. The van der Waals surface area contributed by atoms with Crippen LogP contribution in [-0.4, -0.2) is 174 Å². The van der Waals surface area contributed by atoms with E-state index in [1.165, 1.54) is 12.2 Å². The average molecular weight is 1380 g/mol. The number of thiazole rings is 1. The van der Waals surface area contributed by atoms with E-state index in [1.807, 2.05) is 79.0 Å². The summed E-state index contributed by atoms with van der Waals surface area (Å²) in [5.41, 5.74) is 10.8. The molecule has 3 unspecified atom stereocenters. The van der Waals surface area contributed by atoms with Crippen molar-refractivity contribution in [2.45, 2.75) is 149 Å². The van der Waals surface area contributed by atoms with Gasteiger partial charge < -0.3 is 61.4 Å². The molecule has 0 spiro atoms. The molecule has 9 N–H and O–H groups in total. The molecule has 0 saturated heterocycles. The molecule has 99 heavy (non-hydrogen) atoms. The van der Waals surface area contributed by atoms with Gasteiger partial charge in [0.2, 0.25) is 17.7 Å². The number of para-hydroxylation sites is 1. The van der Waals surface area contributed by atoms with Crippen LogP contribution in [0.25, 0.3) is 21.3 Å². The molecule has 526 valence electrons. The first-order chi connectivity index (χ1) is 47.1. The summed E-state index contributed by atoms with van der Waals surface area (Å²) in [5.74, 6) is -3.21. The van der Waals surface area contributed by atoms with Gasteiger partial charge in [-0.2, -0.15) is 5.10 Å². The number of hydrogen-bond donors (Lipinski definition) is 8. The molecule has 6 aliphatic rings. The minimum atomic E-state index is -1.15. The Balaban J connectivity index is 0.724. The molecular weight excluding hydrogens is 1290 g/mol. The van der Waals surface area contributed by atoms with Gasteiger partial charge in [0.05, 0.1) is 68.4 Å². The van der Waals surface area contributed by atoms with Gasteiger partial charge in [0.25, 0.3) is 11.8 Å². The number of benzene rings is 2. The zero-order valence-corrected chi connectivity index (χ0v) is 58.1. The third-order valence-corrected chi connectivity index (χ3v) is 21.1. The third kappa shape index (κ3) is 16.6. The highest BCUT2D eigenvalue weighted by molar-refractivity contribution is 7.22. The summed E-state index contributed by atoms with van der Waals surface area (Å²) in [5, 5.41) is 50.1. The zero-order chi connectivity index (χ0) is 70.6. The first-order valence-electron chi connectivity index (χ1n) is 34.0. The van der Waals surface area contributed by atoms with Gasteiger partial charge in [-0.15, -0.1) is 10.2 Å². The number of nitrogens with one attached hydrogen (secondary N) is 5. The largest absolute Gasteiger partial charge is 0.481 e. The average Bonchev–Trinajstić information content (AvgIpc) is 1.69. The number of likely N-dealkylation sites (N-methyl/N-ethyl adjacent to an activating group) is 1. The molecule has 12 rings (SSSR count). The number of fused-ring (bicyclic) bond motifs is 2. The molecule has 6 heterocycles. The van der Waals surface area contributed by atoms with Crippen molar-refractivity contribution in [1.29, 1.82) is 0 Å². The number of aromatic carboxylic acids is 1. The van der Waals surface area contributed by atoms with Crippen LogP contribution in [0.4, 0.5) is 33.1 Å². The topological polar surface area (TPSA) is 358 Å². The van der Waals surface area contributed by atoms with Crippen LogP contribution in [0.3, 0.4) is 0 Å². The number of primary amides is 1. The van der Waals surface area contributed by atoms with Crippen molar-refractivity contribution in [2.75, 3.05) is 75.1 Å². The Morgan fingerprint density at radius 1 is 0.818 bits per heavy atom.